The van der Waals surface area contributed by atoms with E-state index in [9.17, 15) is 14.4 Å². The lowest BCUT2D eigenvalue weighted by Crippen LogP contribution is -2.51. The minimum atomic E-state index is -0.373. The fourth-order valence-electron chi connectivity index (χ4n) is 2.82. The Bertz CT molecular complexity index is 621. The van der Waals surface area contributed by atoms with E-state index in [0.717, 1.165) is 18.5 Å². The van der Waals surface area contributed by atoms with Gasteiger partial charge in [-0.3, -0.25) is 14.4 Å². The lowest BCUT2D eigenvalue weighted by atomic mass is 10.0. The molecule has 144 valence electrons. The van der Waals surface area contributed by atoms with Crippen LogP contribution in [-0.2, 0) is 20.8 Å². The summed E-state index contributed by atoms with van der Waals surface area (Å²) >= 11 is 0. The highest BCUT2D eigenvalue weighted by molar-refractivity contribution is 5.88. The molecule has 26 heavy (non-hydrogen) atoms. The van der Waals surface area contributed by atoms with E-state index in [1.165, 1.54) is 12.5 Å². The molecule has 3 N–H and O–H groups in total. The van der Waals surface area contributed by atoms with E-state index in [-0.39, 0.29) is 49.3 Å². The number of hydrogen-bond donors (Lipinski definition) is 3. The monoisotopic (exact) mass is 382 g/mol. The third-order valence-corrected chi connectivity index (χ3v) is 4.27. The number of nitrogens with zero attached hydrogens (tertiary/aromatic N) is 1. The first-order valence-electron chi connectivity index (χ1n) is 8.61. The number of rotatable bonds is 6. The molecule has 7 nitrogen and oxygen atoms in total. The van der Waals surface area contributed by atoms with Crippen LogP contribution in [0.3, 0.4) is 0 Å². The van der Waals surface area contributed by atoms with Crippen molar-refractivity contribution in [3.63, 3.8) is 0 Å². The summed E-state index contributed by atoms with van der Waals surface area (Å²) in [7, 11) is 0. The molecule has 1 fully saturated rings. The van der Waals surface area contributed by atoms with Crippen molar-refractivity contribution in [2.75, 3.05) is 32.7 Å². The number of carbonyl (C=O) groups is 3. The molecule has 0 bridgehead atoms. The summed E-state index contributed by atoms with van der Waals surface area (Å²) in [4.78, 5) is 36.8. The van der Waals surface area contributed by atoms with Gasteiger partial charge in [-0.05, 0) is 17.5 Å². The Labute approximate surface area is 160 Å². The molecule has 1 unspecified atom stereocenters. The number of nitrogens with one attached hydrogen (secondary N) is 3. The molecular weight excluding hydrogens is 356 g/mol. The Balaban J connectivity index is 0.00000338. The van der Waals surface area contributed by atoms with E-state index in [1.54, 1.807) is 4.90 Å². The van der Waals surface area contributed by atoms with E-state index >= 15 is 0 Å². The molecule has 0 aliphatic carbocycles. The second kappa shape index (κ2) is 10.8. The number of amides is 3. The first-order chi connectivity index (χ1) is 12.0. The standard InChI is InChI=1S/C18H26N4O3.ClH/c1-3-14-4-6-15(7-5-14)16-10-19-8-9-22(16)18(25)12-21-17(24)11-20-13(2)23;/h4-7,16,19H,3,8-12H2,1-2H3,(H,20,23)(H,21,24);1H. The summed E-state index contributed by atoms with van der Waals surface area (Å²) in [6, 6.07) is 8.25. The highest BCUT2D eigenvalue weighted by atomic mass is 35.5. The minimum Gasteiger partial charge on any atom is -0.347 e. The first kappa shape index (κ1) is 21.9. The normalized spacial score (nSPS) is 16.4. The zero-order chi connectivity index (χ0) is 18.2. The lowest BCUT2D eigenvalue weighted by molar-refractivity contribution is -0.135. The number of aryl methyl sites for hydroxylation is 1. The van der Waals surface area contributed by atoms with Gasteiger partial charge in [0, 0.05) is 26.6 Å². The molecule has 1 aliphatic rings. The van der Waals surface area contributed by atoms with Gasteiger partial charge in [0.05, 0.1) is 19.1 Å². The van der Waals surface area contributed by atoms with Crippen LogP contribution in [0.25, 0.3) is 0 Å². The summed E-state index contributed by atoms with van der Waals surface area (Å²) in [6.07, 6.45) is 0.978. The fraction of sp³-hybridized carbons (Fsp3) is 0.500. The molecule has 3 amide bonds. The third kappa shape index (κ3) is 6.31. The van der Waals surface area contributed by atoms with E-state index in [1.807, 2.05) is 0 Å². The van der Waals surface area contributed by atoms with Crippen LogP contribution in [0.5, 0.6) is 0 Å². The maximum atomic E-state index is 12.5. The number of carbonyl (C=O) groups excluding carboxylic acids is 3. The van der Waals surface area contributed by atoms with E-state index in [4.69, 9.17) is 0 Å². The molecule has 0 radical (unpaired) electrons. The van der Waals surface area contributed by atoms with Gasteiger partial charge in [-0.25, -0.2) is 0 Å². The Hall–Kier alpha value is -2.12. The van der Waals surface area contributed by atoms with Crippen molar-refractivity contribution in [3.8, 4) is 0 Å². The SMILES string of the molecule is CCc1ccc(C2CNCCN2C(=O)CNC(=O)CNC(C)=O)cc1.Cl. The van der Waals surface area contributed by atoms with Gasteiger partial charge in [0.15, 0.2) is 0 Å². The first-order valence-corrected chi connectivity index (χ1v) is 8.61. The van der Waals surface area contributed by atoms with Crippen molar-refractivity contribution in [1.29, 1.82) is 0 Å². The predicted molar refractivity (Wildman–Crippen MR) is 102 cm³/mol. The van der Waals surface area contributed by atoms with Crippen molar-refractivity contribution in [3.05, 3.63) is 35.4 Å². The smallest absolute Gasteiger partial charge is 0.242 e. The molecule has 0 saturated carbocycles. The molecule has 1 atom stereocenters. The third-order valence-electron chi connectivity index (χ3n) is 4.27. The quantitative estimate of drug-likeness (QED) is 0.664. The zero-order valence-corrected chi connectivity index (χ0v) is 16.0. The summed E-state index contributed by atoms with van der Waals surface area (Å²) in [5.41, 5.74) is 2.35. The Morgan fingerprint density at radius 1 is 1.15 bits per heavy atom. The molecule has 8 heteroatoms. The topological polar surface area (TPSA) is 90.5 Å². The Kier molecular flexibility index (Phi) is 9.09. The van der Waals surface area contributed by atoms with Crippen LogP contribution >= 0.6 is 12.4 Å². The van der Waals surface area contributed by atoms with Gasteiger partial charge in [0.2, 0.25) is 17.7 Å². The number of hydrogen-bond acceptors (Lipinski definition) is 4. The Morgan fingerprint density at radius 3 is 2.46 bits per heavy atom. The largest absolute Gasteiger partial charge is 0.347 e. The van der Waals surface area contributed by atoms with Gasteiger partial charge in [0.1, 0.15) is 0 Å². The van der Waals surface area contributed by atoms with Gasteiger partial charge in [-0.1, -0.05) is 31.2 Å². The van der Waals surface area contributed by atoms with Crippen LogP contribution in [0.15, 0.2) is 24.3 Å². The maximum Gasteiger partial charge on any atom is 0.242 e. The van der Waals surface area contributed by atoms with Gasteiger partial charge >= 0.3 is 0 Å². The Morgan fingerprint density at radius 2 is 1.85 bits per heavy atom. The summed E-state index contributed by atoms with van der Waals surface area (Å²) in [6.45, 7) is 5.28. The van der Waals surface area contributed by atoms with Crippen molar-refractivity contribution < 1.29 is 14.4 Å². The number of benzene rings is 1. The van der Waals surface area contributed by atoms with Gasteiger partial charge in [-0.15, -0.1) is 12.4 Å². The van der Waals surface area contributed by atoms with Crippen LogP contribution in [0.4, 0.5) is 0 Å². The lowest BCUT2D eigenvalue weighted by Gasteiger charge is -2.36. The summed E-state index contributed by atoms with van der Waals surface area (Å²) in [5.74, 6) is -0.774. The van der Waals surface area contributed by atoms with Crippen molar-refractivity contribution in [2.45, 2.75) is 26.3 Å². The molecule has 2 rings (SSSR count). The molecule has 0 spiro atoms. The van der Waals surface area contributed by atoms with E-state index in [2.05, 4.69) is 47.1 Å². The molecule has 1 heterocycles. The summed E-state index contributed by atoms with van der Waals surface area (Å²) in [5, 5.41) is 8.28. The molecular formula is C18H27ClN4O3. The molecule has 1 saturated heterocycles. The zero-order valence-electron chi connectivity index (χ0n) is 15.2. The predicted octanol–water partition coefficient (Wildman–Crippen LogP) is 0.396. The summed E-state index contributed by atoms with van der Waals surface area (Å²) < 4.78 is 0. The van der Waals surface area contributed by atoms with Crippen molar-refractivity contribution in [1.82, 2.24) is 20.9 Å². The second-order valence-electron chi connectivity index (χ2n) is 6.09. The minimum absolute atomic E-state index is 0. The average Bonchev–Trinajstić information content (AvgIpc) is 2.64. The second-order valence-corrected chi connectivity index (χ2v) is 6.09. The number of halogens is 1. The number of piperazine rings is 1. The van der Waals surface area contributed by atoms with Crippen LogP contribution in [0.1, 0.15) is 31.0 Å². The molecule has 0 aromatic heterocycles. The van der Waals surface area contributed by atoms with Crippen LogP contribution < -0.4 is 16.0 Å². The van der Waals surface area contributed by atoms with Crippen LogP contribution in [-0.4, -0.2) is 55.3 Å². The van der Waals surface area contributed by atoms with Gasteiger partial charge < -0.3 is 20.9 Å². The van der Waals surface area contributed by atoms with Crippen LogP contribution in [0.2, 0.25) is 0 Å². The molecule has 1 aliphatic heterocycles. The van der Waals surface area contributed by atoms with Crippen LogP contribution in [0, 0.1) is 0 Å². The highest BCUT2D eigenvalue weighted by Gasteiger charge is 2.27. The van der Waals surface area contributed by atoms with Crippen molar-refractivity contribution >= 4 is 30.1 Å². The average molecular weight is 383 g/mol. The fourth-order valence-corrected chi connectivity index (χ4v) is 2.82. The van der Waals surface area contributed by atoms with Gasteiger partial charge in [0.25, 0.3) is 0 Å². The molecule has 1 aromatic carbocycles. The highest BCUT2D eigenvalue weighted by Crippen LogP contribution is 2.22. The van der Waals surface area contributed by atoms with Gasteiger partial charge in [-0.2, -0.15) is 0 Å². The van der Waals surface area contributed by atoms with E-state index in [0.29, 0.717) is 13.1 Å². The van der Waals surface area contributed by atoms with Crippen molar-refractivity contribution in [2.24, 2.45) is 0 Å². The van der Waals surface area contributed by atoms with E-state index < -0.39 is 0 Å². The maximum absolute atomic E-state index is 12.5. The molecule has 1 aromatic rings.